The Morgan fingerprint density at radius 3 is 2.81 bits per heavy atom. The molecule has 1 aliphatic heterocycles. The van der Waals surface area contributed by atoms with Crippen molar-refractivity contribution in [2.24, 2.45) is 5.92 Å². The van der Waals surface area contributed by atoms with E-state index in [0.29, 0.717) is 24.6 Å². The number of halogens is 1. The Morgan fingerprint density at radius 1 is 1.30 bits per heavy atom. The maximum absolute atomic E-state index is 13.0. The van der Waals surface area contributed by atoms with Crippen LogP contribution in [-0.4, -0.2) is 41.3 Å². The van der Waals surface area contributed by atoms with Gasteiger partial charge in [0.1, 0.15) is 0 Å². The summed E-state index contributed by atoms with van der Waals surface area (Å²) in [5.74, 6) is 0.302. The Balaban J connectivity index is 1.74. The summed E-state index contributed by atoms with van der Waals surface area (Å²) in [6.07, 6.45) is 1.99. The number of aryl methyl sites for hydroxylation is 1. The molecular weight excluding hydrogens is 406 g/mol. The molecule has 2 aromatic rings. The number of likely N-dealkylation sites (tertiary alicyclic amines) is 1. The fraction of sp³-hybridized carbons (Fsp3) is 0.381. The number of piperidine rings is 1. The van der Waals surface area contributed by atoms with E-state index in [4.69, 9.17) is 0 Å². The van der Waals surface area contributed by atoms with Gasteiger partial charge < -0.3 is 10.2 Å². The van der Waals surface area contributed by atoms with Crippen LogP contribution >= 0.6 is 15.9 Å². The summed E-state index contributed by atoms with van der Waals surface area (Å²) in [5.41, 5.74) is 3.25. The molecule has 1 aliphatic rings. The molecule has 0 bridgehead atoms. The SMILES string of the molecule is CC(=O)NCC1CCCN(C(=O)c2ccc(-c3cccc(Br)c3)nc2C)C1. The minimum Gasteiger partial charge on any atom is -0.356 e. The number of benzene rings is 1. The van der Waals surface area contributed by atoms with Crippen LogP contribution in [0.15, 0.2) is 40.9 Å². The highest BCUT2D eigenvalue weighted by molar-refractivity contribution is 9.10. The summed E-state index contributed by atoms with van der Waals surface area (Å²) in [5, 5.41) is 2.86. The van der Waals surface area contributed by atoms with Gasteiger partial charge in [0, 0.05) is 36.6 Å². The molecule has 1 saturated heterocycles. The molecule has 2 amide bonds. The van der Waals surface area contributed by atoms with Crippen LogP contribution in [0.4, 0.5) is 0 Å². The minimum atomic E-state index is -0.0263. The van der Waals surface area contributed by atoms with E-state index < -0.39 is 0 Å². The lowest BCUT2D eigenvalue weighted by molar-refractivity contribution is -0.119. The molecule has 1 N–H and O–H groups in total. The van der Waals surface area contributed by atoms with Gasteiger partial charge in [-0.3, -0.25) is 14.6 Å². The van der Waals surface area contributed by atoms with Crippen molar-refractivity contribution < 1.29 is 9.59 Å². The minimum absolute atomic E-state index is 0.0216. The Hall–Kier alpha value is -2.21. The molecule has 0 aliphatic carbocycles. The van der Waals surface area contributed by atoms with E-state index in [0.717, 1.165) is 40.8 Å². The highest BCUT2D eigenvalue weighted by atomic mass is 79.9. The Kier molecular flexibility index (Phi) is 6.26. The van der Waals surface area contributed by atoms with Crippen LogP contribution in [0.5, 0.6) is 0 Å². The van der Waals surface area contributed by atoms with E-state index in [2.05, 4.69) is 26.2 Å². The van der Waals surface area contributed by atoms with E-state index in [1.165, 1.54) is 6.92 Å². The normalized spacial score (nSPS) is 16.9. The number of rotatable bonds is 4. The van der Waals surface area contributed by atoms with Crippen LogP contribution in [-0.2, 0) is 4.79 Å². The fourth-order valence-corrected chi connectivity index (χ4v) is 3.87. The third-order valence-electron chi connectivity index (χ3n) is 4.88. The van der Waals surface area contributed by atoms with Crippen molar-refractivity contribution in [3.8, 4) is 11.3 Å². The Labute approximate surface area is 168 Å². The van der Waals surface area contributed by atoms with Crippen molar-refractivity contribution in [2.75, 3.05) is 19.6 Å². The van der Waals surface area contributed by atoms with Crippen molar-refractivity contribution in [2.45, 2.75) is 26.7 Å². The van der Waals surface area contributed by atoms with Crippen LogP contribution in [0, 0.1) is 12.8 Å². The largest absolute Gasteiger partial charge is 0.356 e. The molecule has 1 atom stereocenters. The smallest absolute Gasteiger partial charge is 0.255 e. The maximum Gasteiger partial charge on any atom is 0.255 e. The summed E-state index contributed by atoms with van der Waals surface area (Å²) in [4.78, 5) is 30.7. The molecule has 0 saturated carbocycles. The van der Waals surface area contributed by atoms with E-state index in [9.17, 15) is 9.59 Å². The van der Waals surface area contributed by atoms with Crippen LogP contribution in [0.2, 0.25) is 0 Å². The number of carbonyl (C=O) groups is 2. The predicted octanol–water partition coefficient (Wildman–Crippen LogP) is 3.81. The van der Waals surface area contributed by atoms with Gasteiger partial charge in [-0.1, -0.05) is 28.1 Å². The Bertz CT molecular complexity index is 853. The second-order valence-corrected chi connectivity index (χ2v) is 7.95. The number of nitrogens with zero attached hydrogens (tertiary/aromatic N) is 2. The number of carbonyl (C=O) groups excluding carboxylic acids is 2. The van der Waals surface area contributed by atoms with E-state index in [1.54, 1.807) is 0 Å². The van der Waals surface area contributed by atoms with Gasteiger partial charge in [0.15, 0.2) is 0 Å². The van der Waals surface area contributed by atoms with Crippen molar-refractivity contribution in [3.05, 3.63) is 52.1 Å². The number of aromatic nitrogens is 1. The number of hydrogen-bond acceptors (Lipinski definition) is 3. The van der Waals surface area contributed by atoms with E-state index >= 15 is 0 Å². The first-order valence-electron chi connectivity index (χ1n) is 9.21. The van der Waals surface area contributed by atoms with Gasteiger partial charge >= 0.3 is 0 Å². The van der Waals surface area contributed by atoms with E-state index in [1.807, 2.05) is 48.2 Å². The molecule has 5 nitrogen and oxygen atoms in total. The highest BCUT2D eigenvalue weighted by Gasteiger charge is 2.25. The van der Waals surface area contributed by atoms with Crippen molar-refractivity contribution in [1.29, 1.82) is 0 Å². The van der Waals surface area contributed by atoms with Gasteiger partial charge in [0.05, 0.1) is 17.0 Å². The molecule has 1 fully saturated rings. The second-order valence-electron chi connectivity index (χ2n) is 7.04. The lowest BCUT2D eigenvalue weighted by Gasteiger charge is -2.33. The second kappa shape index (κ2) is 8.65. The van der Waals surface area contributed by atoms with Gasteiger partial charge in [-0.2, -0.15) is 0 Å². The molecule has 0 spiro atoms. The van der Waals surface area contributed by atoms with Gasteiger partial charge in [0.25, 0.3) is 5.91 Å². The summed E-state index contributed by atoms with van der Waals surface area (Å²) in [6.45, 7) is 5.45. The van der Waals surface area contributed by atoms with Crippen LogP contribution in [0.1, 0.15) is 35.8 Å². The molecule has 27 heavy (non-hydrogen) atoms. The summed E-state index contributed by atoms with van der Waals surface area (Å²) in [6, 6.07) is 11.7. The lowest BCUT2D eigenvalue weighted by Crippen LogP contribution is -2.43. The number of amides is 2. The molecule has 142 valence electrons. The quantitative estimate of drug-likeness (QED) is 0.803. The predicted molar refractivity (Wildman–Crippen MR) is 109 cm³/mol. The molecule has 6 heteroatoms. The average molecular weight is 430 g/mol. The molecule has 1 aromatic carbocycles. The molecule has 0 radical (unpaired) electrons. The summed E-state index contributed by atoms with van der Waals surface area (Å²) < 4.78 is 0.998. The summed E-state index contributed by atoms with van der Waals surface area (Å²) >= 11 is 3.48. The third kappa shape index (κ3) is 4.95. The van der Waals surface area contributed by atoms with Crippen molar-refractivity contribution in [1.82, 2.24) is 15.2 Å². The van der Waals surface area contributed by atoms with Crippen molar-refractivity contribution >= 4 is 27.7 Å². The van der Waals surface area contributed by atoms with Crippen molar-refractivity contribution in [3.63, 3.8) is 0 Å². The maximum atomic E-state index is 13.0. The van der Waals surface area contributed by atoms with Crippen LogP contribution in [0.25, 0.3) is 11.3 Å². The van der Waals surface area contributed by atoms with Gasteiger partial charge in [0.2, 0.25) is 5.91 Å². The standard InChI is InChI=1S/C21H24BrN3O2/c1-14-19(8-9-20(24-14)17-6-3-7-18(22)11-17)21(27)25-10-4-5-16(13-25)12-23-15(2)26/h3,6-9,11,16H,4-5,10,12-13H2,1-2H3,(H,23,26). The highest BCUT2D eigenvalue weighted by Crippen LogP contribution is 2.24. The first kappa shape index (κ1) is 19.5. The number of nitrogens with one attached hydrogen (secondary N) is 1. The Morgan fingerprint density at radius 2 is 2.11 bits per heavy atom. The van der Waals surface area contributed by atoms with Gasteiger partial charge in [-0.05, 0) is 49.9 Å². The third-order valence-corrected chi connectivity index (χ3v) is 5.38. The topological polar surface area (TPSA) is 62.3 Å². The molecular formula is C21H24BrN3O2. The lowest BCUT2D eigenvalue weighted by atomic mass is 9.97. The van der Waals surface area contributed by atoms with Gasteiger partial charge in [-0.25, -0.2) is 0 Å². The first-order chi connectivity index (χ1) is 12.9. The zero-order chi connectivity index (χ0) is 19.4. The molecule has 1 aromatic heterocycles. The van der Waals surface area contributed by atoms with Gasteiger partial charge in [-0.15, -0.1) is 0 Å². The summed E-state index contributed by atoms with van der Waals surface area (Å²) in [7, 11) is 0. The molecule has 1 unspecified atom stereocenters. The monoisotopic (exact) mass is 429 g/mol. The zero-order valence-electron chi connectivity index (χ0n) is 15.7. The van der Waals surface area contributed by atoms with E-state index in [-0.39, 0.29) is 11.8 Å². The molecule has 3 rings (SSSR count). The number of pyridine rings is 1. The van der Waals surface area contributed by atoms with Crippen LogP contribution in [0.3, 0.4) is 0 Å². The average Bonchev–Trinajstić information content (AvgIpc) is 2.66. The fourth-order valence-electron chi connectivity index (χ4n) is 3.47. The number of hydrogen-bond donors (Lipinski definition) is 1. The zero-order valence-corrected chi connectivity index (χ0v) is 17.3. The van der Waals surface area contributed by atoms with Crippen LogP contribution < -0.4 is 5.32 Å². The molecule has 2 heterocycles. The first-order valence-corrected chi connectivity index (χ1v) is 10.0.